The maximum atomic E-state index is 14.7. The van der Waals surface area contributed by atoms with Gasteiger partial charge in [-0.1, -0.05) is 6.92 Å². The molecule has 1 aromatic carbocycles. The largest absolute Gasteiger partial charge is 0.442 e. The molecular weight excluding hydrogens is 351 g/mol. The van der Waals surface area contributed by atoms with Crippen molar-refractivity contribution in [2.24, 2.45) is 0 Å². The highest BCUT2D eigenvalue weighted by Gasteiger charge is 2.33. The van der Waals surface area contributed by atoms with Crippen LogP contribution in [0.3, 0.4) is 0 Å². The average molecular weight is 378 g/mol. The van der Waals surface area contributed by atoms with Gasteiger partial charge < -0.3 is 20.3 Å². The number of hydrogen-bond donors (Lipinski definition) is 2. The van der Waals surface area contributed by atoms with Gasteiger partial charge in [0.05, 0.1) is 24.5 Å². The third kappa shape index (κ3) is 4.68. The molecule has 2 heterocycles. The highest BCUT2D eigenvalue weighted by Crippen LogP contribution is 2.29. The molecule has 0 radical (unpaired) electrons. The van der Waals surface area contributed by atoms with Crippen molar-refractivity contribution in [1.29, 1.82) is 0 Å². The number of carbonyl (C=O) groups excluding carboxylic acids is 2. The van der Waals surface area contributed by atoms with Crippen molar-refractivity contribution in [3.8, 4) is 0 Å². The third-order valence-corrected chi connectivity index (χ3v) is 5.02. The average Bonchev–Trinajstić information content (AvgIpc) is 3.02. The van der Waals surface area contributed by atoms with E-state index in [1.807, 2.05) is 0 Å². The molecule has 1 unspecified atom stereocenters. The number of hydrogen-bond acceptors (Lipinski definition) is 5. The molecule has 2 fully saturated rings. The predicted molar refractivity (Wildman–Crippen MR) is 102 cm³/mol. The number of ether oxygens (including phenoxy) is 1. The summed E-state index contributed by atoms with van der Waals surface area (Å²) < 4.78 is 20.0. The smallest absolute Gasteiger partial charge is 0.414 e. The lowest BCUT2D eigenvalue weighted by molar-refractivity contribution is -0.119. The number of carbonyl (C=O) groups is 2. The van der Waals surface area contributed by atoms with Crippen LogP contribution in [0.25, 0.3) is 0 Å². The minimum atomic E-state index is -0.524. The van der Waals surface area contributed by atoms with Gasteiger partial charge in [0.25, 0.3) is 0 Å². The monoisotopic (exact) mass is 378 g/mol. The quantitative estimate of drug-likeness (QED) is 0.791. The first-order valence-corrected chi connectivity index (χ1v) is 9.48. The van der Waals surface area contributed by atoms with Crippen molar-refractivity contribution in [3.63, 3.8) is 0 Å². The molecule has 0 bridgehead atoms. The van der Waals surface area contributed by atoms with Crippen LogP contribution in [0.5, 0.6) is 0 Å². The van der Waals surface area contributed by atoms with E-state index in [0.717, 1.165) is 32.5 Å². The van der Waals surface area contributed by atoms with E-state index in [4.69, 9.17) is 4.74 Å². The van der Waals surface area contributed by atoms with Crippen molar-refractivity contribution in [1.82, 2.24) is 10.6 Å². The van der Waals surface area contributed by atoms with Gasteiger partial charge in [-0.15, -0.1) is 0 Å². The first kappa shape index (κ1) is 19.4. The van der Waals surface area contributed by atoms with Gasteiger partial charge in [-0.2, -0.15) is 0 Å². The topological polar surface area (TPSA) is 73.9 Å². The Morgan fingerprint density at radius 1 is 1.33 bits per heavy atom. The van der Waals surface area contributed by atoms with Crippen LogP contribution >= 0.6 is 0 Å². The first-order valence-electron chi connectivity index (χ1n) is 9.48. The molecule has 7 nitrogen and oxygen atoms in total. The SMILES string of the molecule is CCNC1CCN(c2ccc(N3CC(CNC(C)=O)OC3=O)cc2F)CC1. The number of piperidine rings is 1. The minimum absolute atomic E-state index is 0.183. The fourth-order valence-electron chi connectivity index (χ4n) is 3.63. The summed E-state index contributed by atoms with van der Waals surface area (Å²) in [6.07, 6.45) is 1.01. The van der Waals surface area contributed by atoms with Gasteiger partial charge in [0, 0.05) is 26.1 Å². The number of benzene rings is 1. The molecule has 2 saturated heterocycles. The van der Waals surface area contributed by atoms with E-state index in [1.165, 1.54) is 17.9 Å². The summed E-state index contributed by atoms with van der Waals surface area (Å²) in [6, 6.07) is 5.35. The van der Waals surface area contributed by atoms with E-state index in [2.05, 4.69) is 22.5 Å². The zero-order valence-electron chi connectivity index (χ0n) is 15.8. The van der Waals surface area contributed by atoms with Gasteiger partial charge in [0.2, 0.25) is 5.91 Å². The van der Waals surface area contributed by atoms with E-state index in [-0.39, 0.29) is 24.8 Å². The Morgan fingerprint density at radius 3 is 2.70 bits per heavy atom. The molecule has 148 valence electrons. The Bertz CT molecular complexity index is 692. The van der Waals surface area contributed by atoms with Crippen LogP contribution in [0.4, 0.5) is 20.6 Å². The molecule has 0 aliphatic carbocycles. The zero-order chi connectivity index (χ0) is 19.4. The third-order valence-electron chi connectivity index (χ3n) is 5.02. The van der Waals surface area contributed by atoms with E-state index in [9.17, 15) is 14.0 Å². The van der Waals surface area contributed by atoms with E-state index in [0.29, 0.717) is 17.4 Å². The molecule has 27 heavy (non-hydrogen) atoms. The van der Waals surface area contributed by atoms with Crippen molar-refractivity contribution < 1.29 is 18.7 Å². The summed E-state index contributed by atoms with van der Waals surface area (Å²) in [5, 5.41) is 6.07. The van der Waals surface area contributed by atoms with Crippen LogP contribution in [0.1, 0.15) is 26.7 Å². The maximum absolute atomic E-state index is 14.7. The molecular formula is C19H27FN4O3. The minimum Gasteiger partial charge on any atom is -0.442 e. The highest BCUT2D eigenvalue weighted by molar-refractivity contribution is 5.90. The van der Waals surface area contributed by atoms with Crippen LogP contribution in [0, 0.1) is 5.82 Å². The van der Waals surface area contributed by atoms with Crippen LogP contribution in [0.2, 0.25) is 0 Å². The second kappa shape index (κ2) is 8.56. The van der Waals surface area contributed by atoms with Crippen LogP contribution in [0.15, 0.2) is 18.2 Å². The lowest BCUT2D eigenvalue weighted by Crippen LogP contribution is -2.42. The van der Waals surface area contributed by atoms with Crippen LogP contribution in [-0.2, 0) is 9.53 Å². The second-order valence-corrected chi connectivity index (χ2v) is 7.01. The maximum Gasteiger partial charge on any atom is 0.414 e. The van der Waals surface area contributed by atoms with Crippen molar-refractivity contribution in [3.05, 3.63) is 24.0 Å². The van der Waals surface area contributed by atoms with Gasteiger partial charge in [-0.3, -0.25) is 9.69 Å². The van der Waals surface area contributed by atoms with Gasteiger partial charge in [-0.25, -0.2) is 9.18 Å². The molecule has 2 aliphatic rings. The fourth-order valence-corrected chi connectivity index (χ4v) is 3.63. The molecule has 0 spiro atoms. The number of anilines is 2. The Morgan fingerprint density at radius 2 is 2.07 bits per heavy atom. The highest BCUT2D eigenvalue weighted by atomic mass is 19.1. The Labute approximate surface area is 158 Å². The summed E-state index contributed by atoms with van der Waals surface area (Å²) in [6.45, 7) is 6.59. The molecule has 2 aliphatic heterocycles. The lowest BCUT2D eigenvalue weighted by atomic mass is 10.0. The molecule has 1 atom stereocenters. The molecule has 0 aromatic heterocycles. The number of nitrogens with one attached hydrogen (secondary N) is 2. The summed E-state index contributed by atoms with van der Waals surface area (Å²) in [4.78, 5) is 26.5. The molecule has 0 saturated carbocycles. The summed E-state index contributed by atoms with van der Waals surface area (Å²) >= 11 is 0. The van der Waals surface area contributed by atoms with Crippen LogP contribution in [-0.4, -0.2) is 56.9 Å². The molecule has 2 N–H and O–H groups in total. The second-order valence-electron chi connectivity index (χ2n) is 7.01. The summed E-state index contributed by atoms with van der Waals surface area (Å²) in [7, 11) is 0. The fraction of sp³-hybridized carbons (Fsp3) is 0.579. The molecule has 1 aromatic rings. The predicted octanol–water partition coefficient (Wildman–Crippen LogP) is 1.87. The zero-order valence-corrected chi connectivity index (χ0v) is 15.8. The van der Waals surface area contributed by atoms with Gasteiger partial charge in [0.1, 0.15) is 11.9 Å². The van der Waals surface area contributed by atoms with Gasteiger partial charge >= 0.3 is 6.09 Å². The molecule has 2 amide bonds. The molecule has 8 heteroatoms. The number of rotatable bonds is 6. The lowest BCUT2D eigenvalue weighted by Gasteiger charge is -2.34. The Balaban J connectivity index is 1.63. The number of amides is 2. The number of nitrogens with zero attached hydrogens (tertiary/aromatic N) is 2. The van der Waals surface area contributed by atoms with E-state index < -0.39 is 12.2 Å². The Hall–Kier alpha value is -2.35. The standard InChI is InChI=1S/C19H27FN4O3/c1-3-21-14-6-8-23(9-7-14)18-5-4-15(10-17(18)20)24-12-16(27-19(24)26)11-22-13(2)25/h4-5,10,14,16,21H,3,6-9,11-12H2,1-2H3,(H,22,25). The van der Waals surface area contributed by atoms with Gasteiger partial charge in [0.15, 0.2) is 0 Å². The summed E-state index contributed by atoms with van der Waals surface area (Å²) in [5.74, 6) is -0.523. The van der Waals surface area contributed by atoms with Crippen molar-refractivity contribution in [2.45, 2.75) is 38.8 Å². The van der Waals surface area contributed by atoms with E-state index >= 15 is 0 Å². The Kier molecular flexibility index (Phi) is 6.15. The van der Waals surface area contributed by atoms with E-state index in [1.54, 1.807) is 12.1 Å². The number of cyclic esters (lactones) is 1. The van der Waals surface area contributed by atoms with Crippen molar-refractivity contribution >= 4 is 23.4 Å². The normalized spacial score (nSPS) is 20.7. The van der Waals surface area contributed by atoms with Gasteiger partial charge in [-0.05, 0) is 37.6 Å². The first-order chi connectivity index (χ1) is 13.0. The van der Waals surface area contributed by atoms with Crippen molar-refractivity contribution in [2.75, 3.05) is 42.5 Å². The van der Waals surface area contributed by atoms with Crippen LogP contribution < -0.4 is 20.4 Å². The summed E-state index contributed by atoms with van der Waals surface area (Å²) in [5.41, 5.74) is 1.03. The molecule has 3 rings (SSSR count). The number of halogens is 1.